The fraction of sp³-hybridized carbons (Fsp3) is 0.294. The van der Waals surface area contributed by atoms with Crippen molar-refractivity contribution in [3.8, 4) is 0 Å². The predicted octanol–water partition coefficient (Wildman–Crippen LogP) is 3.45. The number of pyridine rings is 1. The van der Waals surface area contributed by atoms with Gasteiger partial charge in [0.25, 0.3) is 0 Å². The second kappa shape index (κ2) is 5.66. The minimum Gasteiger partial charge on any atom is -0.301 e. The topological polar surface area (TPSA) is 42.2 Å². The van der Waals surface area contributed by atoms with E-state index in [0.717, 1.165) is 11.5 Å². The number of hydrogen-bond donors (Lipinski definition) is 1. The summed E-state index contributed by atoms with van der Waals surface area (Å²) >= 11 is 0. The Hall–Kier alpha value is -2.20. The van der Waals surface area contributed by atoms with Gasteiger partial charge >= 0.3 is 0 Å². The number of aryl methyl sites for hydroxylation is 1. The fourth-order valence-corrected chi connectivity index (χ4v) is 2.56. The molecule has 2 unspecified atom stereocenters. The van der Waals surface area contributed by atoms with Crippen molar-refractivity contribution in [1.29, 1.82) is 0 Å². The molecule has 2 atom stereocenters. The first kappa shape index (κ1) is 13.8. The van der Waals surface area contributed by atoms with Crippen LogP contribution in [-0.2, 0) is 0 Å². The molecule has 0 saturated heterocycles. The molecule has 4 heteroatoms. The molecule has 0 aliphatic rings. The van der Waals surface area contributed by atoms with Gasteiger partial charge in [-0.25, -0.2) is 0 Å². The van der Waals surface area contributed by atoms with Gasteiger partial charge in [0, 0.05) is 12.2 Å². The predicted molar refractivity (Wildman–Crippen MR) is 84.1 cm³/mol. The summed E-state index contributed by atoms with van der Waals surface area (Å²) in [5.74, 6) is 0.935. The van der Waals surface area contributed by atoms with Gasteiger partial charge in [-0.05, 0) is 38.5 Å². The van der Waals surface area contributed by atoms with Crippen LogP contribution < -0.4 is 5.32 Å². The largest absolute Gasteiger partial charge is 0.301 e. The van der Waals surface area contributed by atoms with Crippen LogP contribution in [0, 0.1) is 6.92 Å². The van der Waals surface area contributed by atoms with Crippen molar-refractivity contribution in [3.63, 3.8) is 0 Å². The third kappa shape index (κ3) is 2.81. The van der Waals surface area contributed by atoms with Gasteiger partial charge in [-0.1, -0.05) is 35.9 Å². The summed E-state index contributed by atoms with van der Waals surface area (Å²) in [4.78, 5) is 0. The number of benzene rings is 1. The van der Waals surface area contributed by atoms with E-state index in [-0.39, 0.29) is 12.1 Å². The SMILES string of the molecule is Cc1ccc(C(C)NC(C)c2nnc3ccccn23)cc1. The number of hydrogen-bond acceptors (Lipinski definition) is 3. The van der Waals surface area contributed by atoms with Gasteiger partial charge in [-0.3, -0.25) is 4.40 Å². The van der Waals surface area contributed by atoms with E-state index in [0.29, 0.717) is 0 Å². The Balaban J connectivity index is 1.79. The van der Waals surface area contributed by atoms with Crippen molar-refractivity contribution < 1.29 is 0 Å². The Morgan fingerprint density at radius 1 is 0.952 bits per heavy atom. The van der Waals surface area contributed by atoms with Crippen molar-refractivity contribution in [2.24, 2.45) is 0 Å². The van der Waals surface area contributed by atoms with Crippen LogP contribution in [0.4, 0.5) is 0 Å². The van der Waals surface area contributed by atoms with E-state index in [4.69, 9.17) is 0 Å². The maximum atomic E-state index is 4.31. The number of nitrogens with one attached hydrogen (secondary N) is 1. The highest BCUT2D eigenvalue weighted by Crippen LogP contribution is 2.19. The molecule has 0 fully saturated rings. The highest BCUT2D eigenvalue weighted by atomic mass is 15.3. The van der Waals surface area contributed by atoms with Crippen LogP contribution in [0.1, 0.15) is 42.9 Å². The van der Waals surface area contributed by atoms with Gasteiger partial charge in [0.05, 0.1) is 6.04 Å². The second-order valence-corrected chi connectivity index (χ2v) is 5.51. The molecule has 1 N–H and O–H groups in total. The number of aromatic nitrogens is 3. The minimum absolute atomic E-state index is 0.124. The van der Waals surface area contributed by atoms with E-state index in [9.17, 15) is 0 Å². The average Bonchev–Trinajstić information content (AvgIpc) is 2.92. The van der Waals surface area contributed by atoms with Gasteiger partial charge in [0.1, 0.15) is 0 Å². The van der Waals surface area contributed by atoms with Crippen LogP contribution in [-0.4, -0.2) is 14.6 Å². The van der Waals surface area contributed by atoms with Crippen LogP contribution in [0.15, 0.2) is 48.7 Å². The summed E-state index contributed by atoms with van der Waals surface area (Å²) in [6.07, 6.45) is 2.00. The normalized spacial score (nSPS) is 14.2. The van der Waals surface area contributed by atoms with Crippen LogP contribution in [0.2, 0.25) is 0 Å². The monoisotopic (exact) mass is 280 g/mol. The molecule has 0 aliphatic carbocycles. The van der Waals surface area contributed by atoms with E-state index in [1.807, 2.05) is 28.8 Å². The van der Waals surface area contributed by atoms with Crippen molar-refractivity contribution in [3.05, 3.63) is 65.6 Å². The molecule has 21 heavy (non-hydrogen) atoms. The van der Waals surface area contributed by atoms with E-state index in [1.54, 1.807) is 0 Å². The third-order valence-electron chi connectivity index (χ3n) is 3.80. The van der Waals surface area contributed by atoms with Crippen molar-refractivity contribution in [1.82, 2.24) is 19.9 Å². The second-order valence-electron chi connectivity index (χ2n) is 5.51. The third-order valence-corrected chi connectivity index (χ3v) is 3.80. The molecule has 0 saturated carbocycles. The zero-order valence-electron chi connectivity index (χ0n) is 12.6. The summed E-state index contributed by atoms with van der Waals surface area (Å²) in [5.41, 5.74) is 3.44. The summed E-state index contributed by atoms with van der Waals surface area (Å²) in [6.45, 7) is 6.39. The molecule has 1 aromatic carbocycles. The Morgan fingerprint density at radius 3 is 2.48 bits per heavy atom. The van der Waals surface area contributed by atoms with E-state index < -0.39 is 0 Å². The quantitative estimate of drug-likeness (QED) is 0.796. The van der Waals surface area contributed by atoms with Crippen LogP contribution >= 0.6 is 0 Å². The molecule has 0 bridgehead atoms. The van der Waals surface area contributed by atoms with Gasteiger partial charge in [-0.2, -0.15) is 0 Å². The summed E-state index contributed by atoms with van der Waals surface area (Å²) in [7, 11) is 0. The van der Waals surface area contributed by atoms with E-state index in [2.05, 4.69) is 60.6 Å². The zero-order chi connectivity index (χ0) is 14.8. The highest BCUT2D eigenvalue weighted by Gasteiger charge is 2.16. The van der Waals surface area contributed by atoms with Crippen LogP contribution in [0.25, 0.3) is 5.65 Å². The van der Waals surface area contributed by atoms with Crippen LogP contribution in [0.3, 0.4) is 0 Å². The van der Waals surface area contributed by atoms with E-state index in [1.165, 1.54) is 11.1 Å². The van der Waals surface area contributed by atoms with Crippen molar-refractivity contribution in [2.45, 2.75) is 32.9 Å². The Kier molecular flexibility index (Phi) is 3.71. The first-order valence-electron chi connectivity index (χ1n) is 7.27. The number of rotatable bonds is 4. The molecular formula is C17H20N4. The molecule has 0 aliphatic heterocycles. The van der Waals surface area contributed by atoms with E-state index >= 15 is 0 Å². The summed E-state index contributed by atoms with van der Waals surface area (Å²) in [6, 6.07) is 14.9. The molecular weight excluding hydrogens is 260 g/mol. The number of nitrogens with zero attached hydrogens (tertiary/aromatic N) is 3. The van der Waals surface area contributed by atoms with Gasteiger partial charge in [0.2, 0.25) is 0 Å². The van der Waals surface area contributed by atoms with Gasteiger partial charge < -0.3 is 5.32 Å². The molecule has 2 heterocycles. The van der Waals surface area contributed by atoms with Gasteiger partial charge in [-0.15, -0.1) is 10.2 Å². The molecule has 3 aromatic rings. The lowest BCUT2D eigenvalue weighted by atomic mass is 10.1. The Morgan fingerprint density at radius 2 is 1.71 bits per heavy atom. The number of fused-ring (bicyclic) bond motifs is 1. The van der Waals surface area contributed by atoms with Gasteiger partial charge in [0.15, 0.2) is 11.5 Å². The maximum Gasteiger partial charge on any atom is 0.160 e. The summed E-state index contributed by atoms with van der Waals surface area (Å²) in [5, 5.41) is 12.1. The highest BCUT2D eigenvalue weighted by molar-refractivity contribution is 5.37. The van der Waals surface area contributed by atoms with Crippen molar-refractivity contribution >= 4 is 5.65 Å². The van der Waals surface area contributed by atoms with Crippen molar-refractivity contribution in [2.75, 3.05) is 0 Å². The molecule has 0 radical (unpaired) electrons. The minimum atomic E-state index is 0.124. The smallest absolute Gasteiger partial charge is 0.160 e. The molecule has 108 valence electrons. The summed E-state index contributed by atoms with van der Waals surface area (Å²) < 4.78 is 2.03. The standard InChI is InChI=1S/C17H20N4/c1-12-7-9-15(10-8-12)13(2)18-14(3)17-20-19-16-6-4-5-11-21(16)17/h4-11,13-14,18H,1-3H3. The Bertz CT molecular complexity index is 730. The Labute approximate surface area is 124 Å². The lowest BCUT2D eigenvalue weighted by molar-refractivity contribution is 0.473. The molecule has 2 aromatic heterocycles. The molecule has 0 amide bonds. The molecule has 3 rings (SSSR count). The lowest BCUT2D eigenvalue weighted by Gasteiger charge is -2.19. The lowest BCUT2D eigenvalue weighted by Crippen LogP contribution is -2.24. The first-order chi connectivity index (χ1) is 10.1. The average molecular weight is 280 g/mol. The zero-order valence-corrected chi connectivity index (χ0v) is 12.6. The maximum absolute atomic E-state index is 4.31. The van der Waals surface area contributed by atoms with Crippen LogP contribution in [0.5, 0.6) is 0 Å². The molecule has 4 nitrogen and oxygen atoms in total. The molecule has 0 spiro atoms. The fourth-order valence-electron chi connectivity index (χ4n) is 2.56. The first-order valence-corrected chi connectivity index (χ1v) is 7.27.